The molecule has 0 fully saturated rings. The monoisotopic (exact) mass is 275 g/mol. The highest BCUT2D eigenvalue weighted by Crippen LogP contribution is 2.09. The van der Waals surface area contributed by atoms with E-state index in [9.17, 15) is 9.59 Å². The summed E-state index contributed by atoms with van der Waals surface area (Å²) in [6.45, 7) is 7.46. The van der Waals surface area contributed by atoms with Crippen molar-refractivity contribution in [2.24, 2.45) is 0 Å². The molecule has 0 heterocycles. The minimum Gasteiger partial charge on any atom is -0.459 e. The van der Waals surface area contributed by atoms with E-state index in [1.54, 1.807) is 6.08 Å². The Kier molecular flexibility index (Phi) is 6.50. The molecule has 0 radical (unpaired) electrons. The van der Waals surface area contributed by atoms with Gasteiger partial charge in [0.1, 0.15) is 12.6 Å². The zero-order valence-corrected chi connectivity index (χ0v) is 12.0. The summed E-state index contributed by atoms with van der Waals surface area (Å²) in [6.07, 6.45) is 2.12. The molecule has 0 saturated heterocycles. The molecule has 0 N–H and O–H groups in total. The summed E-state index contributed by atoms with van der Waals surface area (Å²) in [5, 5.41) is 0. The maximum atomic E-state index is 12.1. The van der Waals surface area contributed by atoms with Crippen molar-refractivity contribution in [2.45, 2.75) is 32.9 Å². The van der Waals surface area contributed by atoms with Crippen LogP contribution in [0, 0.1) is 0 Å². The van der Waals surface area contributed by atoms with Crippen LogP contribution in [0.5, 0.6) is 0 Å². The van der Waals surface area contributed by atoms with Gasteiger partial charge >= 0.3 is 5.97 Å². The standard InChI is InChI=1S/C16H21NO3/c1-4-11-17(13(3)18)15(5-2)16(19)20-12-14-9-7-6-8-10-14/h4,6-10,15H,1,5,11-12H2,2-3H3. The first kappa shape index (κ1) is 16.0. The number of ether oxygens (including phenoxy) is 1. The summed E-state index contributed by atoms with van der Waals surface area (Å²) in [5.74, 6) is -0.540. The Morgan fingerprint density at radius 1 is 1.35 bits per heavy atom. The molecular formula is C16H21NO3. The van der Waals surface area contributed by atoms with Crippen LogP contribution in [-0.2, 0) is 20.9 Å². The van der Waals surface area contributed by atoms with Gasteiger partial charge in [0.2, 0.25) is 5.91 Å². The van der Waals surface area contributed by atoms with Gasteiger partial charge in [-0.3, -0.25) is 4.79 Å². The lowest BCUT2D eigenvalue weighted by atomic mass is 10.2. The molecule has 1 amide bonds. The number of carbonyl (C=O) groups excluding carboxylic acids is 2. The first-order valence-corrected chi connectivity index (χ1v) is 6.68. The maximum absolute atomic E-state index is 12.1. The van der Waals surface area contributed by atoms with Gasteiger partial charge in [0.25, 0.3) is 0 Å². The van der Waals surface area contributed by atoms with E-state index in [4.69, 9.17) is 4.74 Å². The summed E-state index contributed by atoms with van der Waals surface area (Å²) in [6, 6.07) is 8.90. The normalized spacial score (nSPS) is 11.5. The van der Waals surface area contributed by atoms with Crippen molar-refractivity contribution in [1.82, 2.24) is 4.90 Å². The van der Waals surface area contributed by atoms with E-state index >= 15 is 0 Å². The van der Waals surface area contributed by atoms with E-state index in [0.717, 1.165) is 5.56 Å². The van der Waals surface area contributed by atoms with Crippen molar-refractivity contribution in [3.8, 4) is 0 Å². The molecular weight excluding hydrogens is 254 g/mol. The smallest absolute Gasteiger partial charge is 0.329 e. The van der Waals surface area contributed by atoms with Gasteiger partial charge in [-0.05, 0) is 12.0 Å². The molecule has 1 aromatic rings. The predicted molar refractivity (Wildman–Crippen MR) is 77.9 cm³/mol. The highest BCUT2D eigenvalue weighted by Gasteiger charge is 2.26. The summed E-state index contributed by atoms with van der Waals surface area (Å²) in [5.41, 5.74) is 0.925. The fraction of sp³-hybridized carbons (Fsp3) is 0.375. The van der Waals surface area contributed by atoms with Gasteiger partial charge in [-0.15, -0.1) is 6.58 Å². The fourth-order valence-electron chi connectivity index (χ4n) is 1.95. The minimum atomic E-state index is -0.561. The predicted octanol–water partition coefficient (Wildman–Crippen LogP) is 2.54. The van der Waals surface area contributed by atoms with E-state index in [2.05, 4.69) is 6.58 Å². The first-order valence-electron chi connectivity index (χ1n) is 6.68. The van der Waals surface area contributed by atoms with Gasteiger partial charge in [0, 0.05) is 13.5 Å². The van der Waals surface area contributed by atoms with Crippen LogP contribution in [0.4, 0.5) is 0 Å². The zero-order chi connectivity index (χ0) is 15.0. The highest BCUT2D eigenvalue weighted by atomic mass is 16.5. The first-order chi connectivity index (χ1) is 9.60. The second-order valence-electron chi connectivity index (χ2n) is 4.48. The molecule has 1 atom stereocenters. The van der Waals surface area contributed by atoms with E-state index in [-0.39, 0.29) is 18.5 Å². The number of amides is 1. The molecule has 4 heteroatoms. The van der Waals surface area contributed by atoms with Crippen molar-refractivity contribution in [3.05, 3.63) is 48.6 Å². The van der Waals surface area contributed by atoms with Crippen LogP contribution >= 0.6 is 0 Å². The molecule has 4 nitrogen and oxygen atoms in total. The third-order valence-corrected chi connectivity index (χ3v) is 2.99. The molecule has 0 saturated carbocycles. The van der Waals surface area contributed by atoms with Crippen LogP contribution < -0.4 is 0 Å². The Labute approximate surface area is 120 Å². The quantitative estimate of drug-likeness (QED) is 0.567. The molecule has 0 aliphatic rings. The Bertz CT molecular complexity index is 456. The highest BCUT2D eigenvalue weighted by molar-refractivity contribution is 5.83. The molecule has 20 heavy (non-hydrogen) atoms. The topological polar surface area (TPSA) is 46.6 Å². The van der Waals surface area contributed by atoms with Crippen LogP contribution in [0.2, 0.25) is 0 Å². The average Bonchev–Trinajstić information content (AvgIpc) is 2.46. The molecule has 108 valence electrons. The Hall–Kier alpha value is -2.10. The number of hydrogen-bond acceptors (Lipinski definition) is 3. The van der Waals surface area contributed by atoms with Crippen LogP contribution in [-0.4, -0.2) is 29.4 Å². The lowest BCUT2D eigenvalue weighted by molar-refractivity contribution is -0.155. The van der Waals surface area contributed by atoms with Crippen molar-refractivity contribution in [2.75, 3.05) is 6.54 Å². The molecule has 1 rings (SSSR count). The third-order valence-electron chi connectivity index (χ3n) is 2.99. The lowest BCUT2D eigenvalue weighted by Gasteiger charge is -2.27. The summed E-state index contributed by atoms with van der Waals surface area (Å²) in [4.78, 5) is 25.2. The van der Waals surface area contributed by atoms with Gasteiger partial charge in [-0.25, -0.2) is 4.79 Å². The molecule has 1 unspecified atom stereocenters. The second-order valence-corrected chi connectivity index (χ2v) is 4.48. The number of carbonyl (C=O) groups is 2. The average molecular weight is 275 g/mol. The van der Waals surface area contributed by atoms with E-state index < -0.39 is 6.04 Å². The van der Waals surface area contributed by atoms with E-state index in [1.165, 1.54) is 11.8 Å². The number of hydrogen-bond donors (Lipinski definition) is 0. The van der Waals surface area contributed by atoms with Crippen molar-refractivity contribution in [3.63, 3.8) is 0 Å². The Morgan fingerprint density at radius 3 is 2.50 bits per heavy atom. The van der Waals surface area contributed by atoms with Gasteiger partial charge in [0.15, 0.2) is 0 Å². The van der Waals surface area contributed by atoms with Crippen LogP contribution in [0.3, 0.4) is 0 Å². The largest absolute Gasteiger partial charge is 0.459 e. The Morgan fingerprint density at radius 2 is 2.00 bits per heavy atom. The number of esters is 1. The molecule has 1 aromatic carbocycles. The summed E-state index contributed by atoms with van der Waals surface area (Å²) in [7, 11) is 0. The van der Waals surface area contributed by atoms with E-state index in [0.29, 0.717) is 13.0 Å². The number of nitrogens with zero attached hydrogens (tertiary/aromatic N) is 1. The van der Waals surface area contributed by atoms with Crippen molar-refractivity contribution in [1.29, 1.82) is 0 Å². The van der Waals surface area contributed by atoms with Crippen molar-refractivity contribution >= 4 is 11.9 Å². The third kappa shape index (κ3) is 4.53. The maximum Gasteiger partial charge on any atom is 0.329 e. The van der Waals surface area contributed by atoms with E-state index in [1.807, 2.05) is 37.3 Å². The zero-order valence-electron chi connectivity index (χ0n) is 12.0. The van der Waals surface area contributed by atoms with Gasteiger partial charge in [-0.2, -0.15) is 0 Å². The molecule has 0 bridgehead atoms. The van der Waals surface area contributed by atoms with Crippen molar-refractivity contribution < 1.29 is 14.3 Å². The van der Waals surface area contributed by atoms with Gasteiger partial charge in [-0.1, -0.05) is 43.3 Å². The SMILES string of the molecule is C=CCN(C(C)=O)C(CC)C(=O)OCc1ccccc1. The van der Waals surface area contributed by atoms with Crippen LogP contribution in [0.25, 0.3) is 0 Å². The summed E-state index contributed by atoms with van der Waals surface area (Å²) < 4.78 is 5.29. The second kappa shape index (κ2) is 8.15. The number of benzene rings is 1. The van der Waals surface area contributed by atoms with Crippen LogP contribution in [0.1, 0.15) is 25.8 Å². The van der Waals surface area contributed by atoms with Gasteiger partial charge < -0.3 is 9.64 Å². The summed E-state index contributed by atoms with van der Waals surface area (Å²) >= 11 is 0. The Balaban J connectivity index is 2.66. The fourth-order valence-corrected chi connectivity index (χ4v) is 1.95. The molecule has 0 aromatic heterocycles. The molecule has 0 aliphatic heterocycles. The minimum absolute atomic E-state index is 0.159. The molecule has 0 aliphatic carbocycles. The number of rotatable bonds is 7. The lowest BCUT2D eigenvalue weighted by Crippen LogP contribution is -2.44. The van der Waals surface area contributed by atoms with Gasteiger partial charge in [0.05, 0.1) is 0 Å². The van der Waals surface area contributed by atoms with Crippen LogP contribution in [0.15, 0.2) is 43.0 Å². The molecule has 0 spiro atoms.